The Morgan fingerprint density at radius 1 is 1.20 bits per heavy atom. The first-order chi connectivity index (χ1) is 9.63. The first-order valence-corrected chi connectivity index (χ1v) is 7.50. The summed E-state index contributed by atoms with van der Waals surface area (Å²) < 4.78 is 0. The summed E-state index contributed by atoms with van der Waals surface area (Å²) in [6.07, 6.45) is 0.868. The second-order valence-electron chi connectivity index (χ2n) is 4.88. The molecule has 0 atom stereocenters. The molecular formula is C14H14N2O3S. The van der Waals surface area contributed by atoms with Gasteiger partial charge in [-0.2, -0.15) is 0 Å². The van der Waals surface area contributed by atoms with E-state index in [4.69, 9.17) is 0 Å². The molecule has 104 valence electrons. The zero-order valence-electron chi connectivity index (χ0n) is 10.8. The number of carbonyl (C=O) groups is 3. The fourth-order valence-electron chi connectivity index (χ4n) is 2.36. The summed E-state index contributed by atoms with van der Waals surface area (Å²) in [6.45, 7) is 0.964. The molecule has 5 nitrogen and oxygen atoms in total. The number of piperidine rings is 1. The molecule has 0 aromatic heterocycles. The lowest BCUT2D eigenvalue weighted by Gasteiger charge is -2.26. The van der Waals surface area contributed by atoms with Crippen LogP contribution >= 0.6 is 11.8 Å². The number of benzene rings is 1. The van der Waals surface area contributed by atoms with Crippen molar-refractivity contribution in [2.45, 2.75) is 17.7 Å². The van der Waals surface area contributed by atoms with Crippen LogP contribution < -0.4 is 5.32 Å². The molecule has 0 unspecified atom stereocenters. The van der Waals surface area contributed by atoms with Crippen LogP contribution in [0, 0.1) is 0 Å². The Bertz CT molecular complexity index is 590. The van der Waals surface area contributed by atoms with E-state index in [9.17, 15) is 14.4 Å². The monoisotopic (exact) mass is 290 g/mol. The maximum atomic E-state index is 12.4. The topological polar surface area (TPSA) is 66.5 Å². The molecule has 1 N–H and O–H groups in total. The summed E-state index contributed by atoms with van der Waals surface area (Å²) in [5.74, 6) is 0.498. The van der Waals surface area contributed by atoms with Gasteiger partial charge in [0.15, 0.2) is 0 Å². The molecule has 3 rings (SSSR count). The molecule has 2 aliphatic rings. The molecule has 0 spiro atoms. The van der Waals surface area contributed by atoms with E-state index in [1.807, 2.05) is 6.07 Å². The second kappa shape index (κ2) is 5.28. The number of carbonyl (C=O) groups excluding carboxylic acids is 3. The molecule has 2 aliphatic heterocycles. The third-order valence-corrected chi connectivity index (χ3v) is 4.54. The summed E-state index contributed by atoms with van der Waals surface area (Å²) in [5.41, 5.74) is 1.26. The van der Waals surface area contributed by atoms with Crippen molar-refractivity contribution in [2.75, 3.05) is 24.2 Å². The predicted octanol–water partition coefficient (Wildman–Crippen LogP) is 1.54. The van der Waals surface area contributed by atoms with Crippen molar-refractivity contribution in [3.8, 4) is 0 Å². The van der Waals surface area contributed by atoms with E-state index in [0.29, 0.717) is 42.9 Å². The quantitative estimate of drug-likeness (QED) is 0.852. The molecule has 2 heterocycles. The van der Waals surface area contributed by atoms with Crippen molar-refractivity contribution >= 4 is 35.0 Å². The van der Waals surface area contributed by atoms with Crippen LogP contribution in [0.2, 0.25) is 0 Å². The van der Waals surface area contributed by atoms with Gasteiger partial charge >= 0.3 is 0 Å². The third-order valence-electron chi connectivity index (χ3n) is 3.47. The normalized spacial score (nSPS) is 18.5. The van der Waals surface area contributed by atoms with E-state index in [1.54, 1.807) is 17.0 Å². The van der Waals surface area contributed by atoms with E-state index in [-0.39, 0.29) is 17.6 Å². The standard InChI is InChI=1S/C14H14N2O3S/c17-10-3-5-16(6-4-10)14(19)9-1-2-12-11(7-9)15-13(18)8-20-12/h1-2,7H,3-6,8H2,(H,15,18). The van der Waals surface area contributed by atoms with E-state index in [1.165, 1.54) is 11.8 Å². The van der Waals surface area contributed by atoms with Crippen LogP contribution in [0.5, 0.6) is 0 Å². The van der Waals surface area contributed by atoms with Crippen molar-refractivity contribution in [2.24, 2.45) is 0 Å². The number of Topliss-reactive ketones (excluding diaryl/α,β-unsaturated/α-hetero) is 1. The third kappa shape index (κ3) is 2.56. The van der Waals surface area contributed by atoms with E-state index >= 15 is 0 Å². The number of rotatable bonds is 1. The van der Waals surface area contributed by atoms with Gasteiger partial charge in [0.2, 0.25) is 5.91 Å². The number of anilines is 1. The highest BCUT2D eigenvalue weighted by atomic mass is 32.2. The lowest BCUT2D eigenvalue weighted by Crippen LogP contribution is -2.38. The fourth-order valence-corrected chi connectivity index (χ4v) is 3.15. The highest BCUT2D eigenvalue weighted by molar-refractivity contribution is 8.00. The predicted molar refractivity (Wildman–Crippen MR) is 75.9 cm³/mol. The molecule has 20 heavy (non-hydrogen) atoms. The van der Waals surface area contributed by atoms with Gasteiger partial charge in [-0.3, -0.25) is 14.4 Å². The van der Waals surface area contributed by atoms with Gasteiger partial charge in [0, 0.05) is 36.4 Å². The van der Waals surface area contributed by atoms with Crippen molar-refractivity contribution < 1.29 is 14.4 Å². The molecule has 1 fully saturated rings. The van der Waals surface area contributed by atoms with E-state index < -0.39 is 0 Å². The highest BCUT2D eigenvalue weighted by Crippen LogP contribution is 2.32. The first kappa shape index (κ1) is 13.2. The minimum Gasteiger partial charge on any atom is -0.338 e. The van der Waals surface area contributed by atoms with Gasteiger partial charge < -0.3 is 10.2 Å². The van der Waals surface area contributed by atoms with Crippen LogP contribution in [0.4, 0.5) is 5.69 Å². The van der Waals surface area contributed by atoms with Gasteiger partial charge in [0.05, 0.1) is 11.4 Å². The summed E-state index contributed by atoms with van der Waals surface area (Å²) in [7, 11) is 0. The molecule has 1 aromatic rings. The Morgan fingerprint density at radius 3 is 2.70 bits per heavy atom. The number of thioether (sulfide) groups is 1. The Morgan fingerprint density at radius 2 is 1.95 bits per heavy atom. The molecular weight excluding hydrogens is 276 g/mol. The summed E-state index contributed by atoms with van der Waals surface area (Å²) in [4.78, 5) is 37.6. The number of hydrogen-bond acceptors (Lipinski definition) is 4. The number of fused-ring (bicyclic) bond motifs is 1. The fraction of sp³-hybridized carbons (Fsp3) is 0.357. The van der Waals surface area contributed by atoms with Crippen molar-refractivity contribution in [1.82, 2.24) is 4.90 Å². The van der Waals surface area contributed by atoms with E-state index in [0.717, 1.165) is 4.90 Å². The largest absolute Gasteiger partial charge is 0.338 e. The van der Waals surface area contributed by atoms with Crippen LogP contribution in [0.15, 0.2) is 23.1 Å². The Kier molecular flexibility index (Phi) is 3.48. The van der Waals surface area contributed by atoms with Gasteiger partial charge in [-0.15, -0.1) is 11.8 Å². The van der Waals surface area contributed by atoms with Crippen molar-refractivity contribution in [3.63, 3.8) is 0 Å². The summed E-state index contributed by atoms with van der Waals surface area (Å²) in [6, 6.07) is 5.36. The van der Waals surface area contributed by atoms with Crippen LogP contribution in [-0.4, -0.2) is 41.3 Å². The molecule has 0 aliphatic carbocycles. The molecule has 1 saturated heterocycles. The van der Waals surface area contributed by atoms with Gasteiger partial charge in [-0.05, 0) is 18.2 Å². The maximum Gasteiger partial charge on any atom is 0.253 e. The Labute approximate surface area is 120 Å². The minimum atomic E-state index is -0.0786. The van der Waals surface area contributed by atoms with E-state index in [2.05, 4.69) is 5.32 Å². The van der Waals surface area contributed by atoms with Gasteiger partial charge in [-0.25, -0.2) is 0 Å². The summed E-state index contributed by atoms with van der Waals surface area (Å²) in [5, 5.41) is 2.78. The van der Waals surface area contributed by atoms with Gasteiger partial charge in [0.1, 0.15) is 5.78 Å². The second-order valence-corrected chi connectivity index (χ2v) is 5.90. The zero-order valence-corrected chi connectivity index (χ0v) is 11.7. The molecule has 0 radical (unpaired) electrons. The Balaban J connectivity index is 1.80. The number of ketones is 1. The number of likely N-dealkylation sites (tertiary alicyclic amines) is 1. The van der Waals surface area contributed by atoms with Crippen LogP contribution in [0.3, 0.4) is 0 Å². The van der Waals surface area contributed by atoms with Gasteiger partial charge in [0.25, 0.3) is 5.91 Å². The molecule has 0 saturated carbocycles. The lowest BCUT2D eigenvalue weighted by atomic mass is 10.1. The van der Waals surface area contributed by atoms with Gasteiger partial charge in [-0.1, -0.05) is 0 Å². The van der Waals surface area contributed by atoms with Crippen LogP contribution in [0.1, 0.15) is 23.2 Å². The Hall–Kier alpha value is -1.82. The highest BCUT2D eigenvalue weighted by Gasteiger charge is 2.23. The number of nitrogens with one attached hydrogen (secondary N) is 1. The number of nitrogens with zero attached hydrogens (tertiary/aromatic N) is 1. The lowest BCUT2D eigenvalue weighted by molar-refractivity contribution is -0.121. The maximum absolute atomic E-state index is 12.4. The average Bonchev–Trinajstić information content (AvgIpc) is 2.46. The zero-order chi connectivity index (χ0) is 14.1. The van der Waals surface area contributed by atoms with Crippen LogP contribution in [-0.2, 0) is 9.59 Å². The molecule has 6 heteroatoms. The first-order valence-electron chi connectivity index (χ1n) is 6.51. The molecule has 2 amide bonds. The number of hydrogen-bond donors (Lipinski definition) is 1. The van der Waals surface area contributed by atoms with Crippen LogP contribution in [0.25, 0.3) is 0 Å². The minimum absolute atomic E-state index is 0.0457. The summed E-state index contributed by atoms with van der Waals surface area (Å²) >= 11 is 1.47. The van der Waals surface area contributed by atoms with Crippen molar-refractivity contribution in [3.05, 3.63) is 23.8 Å². The average molecular weight is 290 g/mol. The van der Waals surface area contributed by atoms with Crippen molar-refractivity contribution in [1.29, 1.82) is 0 Å². The molecule has 1 aromatic carbocycles. The number of amides is 2. The molecule has 0 bridgehead atoms. The smallest absolute Gasteiger partial charge is 0.253 e. The SMILES string of the molecule is O=C1CCN(C(=O)c2ccc3c(c2)NC(=O)CS3)CC1.